The zero-order valence-electron chi connectivity index (χ0n) is 16.7. The fraction of sp³-hybridized carbons (Fsp3) is 0.125. The molecular weight excluding hydrogens is 410 g/mol. The number of carboxylic acids is 1. The standard InChI is InChI=1S/C24H21N3O3S/c25-13-15-4-6-17(7-5-15)18-8-9-20-21(11-18)31-23(27-20)12-22(28)26-14-16-2-1-3-19(10-16)24(29)30/h1-11H,12-14,25H2,(H,26,28)(H,29,30). The van der Waals surface area contributed by atoms with Crippen LogP contribution in [0.4, 0.5) is 0 Å². The van der Waals surface area contributed by atoms with Crippen LogP contribution in [0.5, 0.6) is 0 Å². The van der Waals surface area contributed by atoms with Crippen LogP contribution in [-0.2, 0) is 24.3 Å². The van der Waals surface area contributed by atoms with E-state index in [-0.39, 0.29) is 24.4 Å². The van der Waals surface area contributed by atoms with Crippen LogP contribution in [0.25, 0.3) is 21.3 Å². The summed E-state index contributed by atoms with van der Waals surface area (Å²) in [6.07, 6.45) is 0.179. The van der Waals surface area contributed by atoms with Crippen LogP contribution in [0.1, 0.15) is 26.5 Å². The number of aromatic carboxylic acids is 1. The molecule has 4 N–H and O–H groups in total. The Bertz CT molecular complexity index is 1250. The minimum atomic E-state index is -0.989. The van der Waals surface area contributed by atoms with Gasteiger partial charge in [-0.2, -0.15) is 0 Å². The summed E-state index contributed by atoms with van der Waals surface area (Å²) in [7, 11) is 0. The van der Waals surface area contributed by atoms with E-state index in [9.17, 15) is 9.59 Å². The first-order valence-electron chi connectivity index (χ1n) is 9.79. The third-order valence-electron chi connectivity index (χ3n) is 4.93. The summed E-state index contributed by atoms with van der Waals surface area (Å²) in [5.41, 5.74) is 10.8. The second-order valence-corrected chi connectivity index (χ2v) is 8.27. The number of benzene rings is 3. The second-order valence-electron chi connectivity index (χ2n) is 7.15. The number of carbonyl (C=O) groups is 2. The van der Waals surface area contributed by atoms with Crippen molar-refractivity contribution in [2.75, 3.05) is 0 Å². The normalized spacial score (nSPS) is 10.9. The minimum absolute atomic E-state index is 0.155. The summed E-state index contributed by atoms with van der Waals surface area (Å²) in [6.45, 7) is 0.790. The molecule has 0 radical (unpaired) electrons. The van der Waals surface area contributed by atoms with E-state index < -0.39 is 5.97 Å². The number of aromatic nitrogens is 1. The molecule has 7 heteroatoms. The molecule has 0 unspecified atom stereocenters. The van der Waals surface area contributed by atoms with Gasteiger partial charge in [-0.3, -0.25) is 4.79 Å². The first-order valence-corrected chi connectivity index (χ1v) is 10.6. The first-order chi connectivity index (χ1) is 15.0. The predicted octanol–water partition coefficient (Wildman–Crippen LogP) is 3.98. The number of rotatable bonds is 7. The number of nitrogens with zero attached hydrogens (tertiary/aromatic N) is 1. The number of hydrogen-bond donors (Lipinski definition) is 3. The Labute approximate surface area is 183 Å². The molecule has 0 fully saturated rings. The maximum absolute atomic E-state index is 12.4. The topological polar surface area (TPSA) is 105 Å². The van der Waals surface area contributed by atoms with Gasteiger partial charge in [0.15, 0.2) is 0 Å². The van der Waals surface area contributed by atoms with Gasteiger partial charge in [-0.25, -0.2) is 9.78 Å². The fourth-order valence-electron chi connectivity index (χ4n) is 3.28. The highest BCUT2D eigenvalue weighted by Crippen LogP contribution is 2.28. The van der Waals surface area contributed by atoms with Crippen molar-refractivity contribution in [1.82, 2.24) is 10.3 Å². The molecule has 0 aliphatic carbocycles. The molecule has 0 saturated heterocycles. The zero-order valence-corrected chi connectivity index (χ0v) is 17.5. The van der Waals surface area contributed by atoms with Crippen molar-refractivity contribution in [3.05, 3.63) is 88.4 Å². The average Bonchev–Trinajstić information content (AvgIpc) is 3.19. The Morgan fingerprint density at radius 1 is 0.968 bits per heavy atom. The van der Waals surface area contributed by atoms with Crippen LogP contribution in [0.3, 0.4) is 0 Å². The van der Waals surface area contributed by atoms with Gasteiger partial charge in [0.1, 0.15) is 5.01 Å². The maximum Gasteiger partial charge on any atom is 0.335 e. The molecule has 4 rings (SSSR count). The lowest BCUT2D eigenvalue weighted by Gasteiger charge is -2.05. The maximum atomic E-state index is 12.4. The summed E-state index contributed by atoms with van der Waals surface area (Å²) < 4.78 is 1.03. The van der Waals surface area contributed by atoms with Gasteiger partial charge in [0.25, 0.3) is 0 Å². The molecule has 4 aromatic rings. The van der Waals surface area contributed by atoms with E-state index in [4.69, 9.17) is 10.8 Å². The van der Waals surface area contributed by atoms with Gasteiger partial charge in [-0.15, -0.1) is 11.3 Å². The molecule has 0 aliphatic heterocycles. The highest BCUT2D eigenvalue weighted by molar-refractivity contribution is 7.18. The van der Waals surface area contributed by atoms with Gasteiger partial charge >= 0.3 is 5.97 Å². The van der Waals surface area contributed by atoms with Gasteiger partial charge < -0.3 is 16.2 Å². The number of amides is 1. The SMILES string of the molecule is NCc1ccc(-c2ccc3nc(CC(=O)NCc4cccc(C(=O)O)c4)sc3c2)cc1. The van der Waals surface area contributed by atoms with Crippen molar-refractivity contribution in [2.24, 2.45) is 5.73 Å². The van der Waals surface area contributed by atoms with E-state index in [1.165, 1.54) is 17.4 Å². The molecule has 0 aliphatic rings. The lowest BCUT2D eigenvalue weighted by atomic mass is 10.0. The van der Waals surface area contributed by atoms with Crippen LogP contribution < -0.4 is 11.1 Å². The van der Waals surface area contributed by atoms with E-state index >= 15 is 0 Å². The Kier molecular flexibility index (Phi) is 6.06. The fourth-order valence-corrected chi connectivity index (χ4v) is 4.28. The van der Waals surface area contributed by atoms with E-state index in [1.54, 1.807) is 18.2 Å². The summed E-state index contributed by atoms with van der Waals surface area (Å²) >= 11 is 1.50. The highest BCUT2D eigenvalue weighted by atomic mass is 32.1. The predicted molar refractivity (Wildman–Crippen MR) is 122 cm³/mol. The van der Waals surface area contributed by atoms with E-state index in [1.807, 2.05) is 24.3 Å². The largest absolute Gasteiger partial charge is 0.478 e. The van der Waals surface area contributed by atoms with Crippen molar-refractivity contribution in [2.45, 2.75) is 19.5 Å². The Hall–Kier alpha value is -3.55. The van der Waals surface area contributed by atoms with Crippen molar-refractivity contribution in [1.29, 1.82) is 0 Å². The molecule has 1 aromatic heterocycles. The number of fused-ring (bicyclic) bond motifs is 1. The molecule has 156 valence electrons. The summed E-state index contributed by atoms with van der Waals surface area (Å²) in [5.74, 6) is -1.14. The third-order valence-corrected chi connectivity index (χ3v) is 5.95. The van der Waals surface area contributed by atoms with E-state index in [2.05, 4.69) is 28.5 Å². The smallest absolute Gasteiger partial charge is 0.335 e. The van der Waals surface area contributed by atoms with Crippen molar-refractivity contribution in [3.8, 4) is 11.1 Å². The van der Waals surface area contributed by atoms with Gasteiger partial charge in [0.2, 0.25) is 5.91 Å². The molecule has 0 spiro atoms. The average molecular weight is 432 g/mol. The molecule has 31 heavy (non-hydrogen) atoms. The third kappa shape index (κ3) is 4.96. The second kappa shape index (κ2) is 9.07. The number of carbonyl (C=O) groups excluding carboxylic acids is 1. The molecule has 3 aromatic carbocycles. The van der Waals surface area contributed by atoms with Crippen LogP contribution in [0, 0.1) is 0 Å². The van der Waals surface area contributed by atoms with E-state index in [0.29, 0.717) is 6.54 Å². The molecule has 0 saturated carbocycles. The van der Waals surface area contributed by atoms with Crippen LogP contribution >= 0.6 is 11.3 Å². The zero-order chi connectivity index (χ0) is 21.8. The van der Waals surface area contributed by atoms with Gasteiger partial charge in [-0.1, -0.05) is 42.5 Å². The summed E-state index contributed by atoms with van der Waals surface area (Å²) in [4.78, 5) is 28.0. The monoisotopic (exact) mass is 431 g/mol. The number of hydrogen-bond acceptors (Lipinski definition) is 5. The Balaban J connectivity index is 1.43. The lowest BCUT2D eigenvalue weighted by Crippen LogP contribution is -2.24. The highest BCUT2D eigenvalue weighted by Gasteiger charge is 2.11. The Morgan fingerprint density at radius 2 is 1.74 bits per heavy atom. The van der Waals surface area contributed by atoms with Crippen LogP contribution in [-0.4, -0.2) is 22.0 Å². The molecular formula is C24H21N3O3S. The number of nitrogens with two attached hydrogens (primary N) is 1. The molecule has 1 heterocycles. The number of nitrogens with one attached hydrogen (secondary N) is 1. The molecule has 0 bridgehead atoms. The molecule has 0 atom stereocenters. The van der Waals surface area contributed by atoms with Crippen LogP contribution in [0.15, 0.2) is 66.7 Å². The lowest BCUT2D eigenvalue weighted by molar-refractivity contribution is -0.120. The first kappa shape index (κ1) is 20.7. The summed E-state index contributed by atoms with van der Waals surface area (Å²) in [6, 6.07) is 20.8. The van der Waals surface area contributed by atoms with Crippen molar-refractivity contribution in [3.63, 3.8) is 0 Å². The van der Waals surface area contributed by atoms with Gasteiger partial charge in [0, 0.05) is 13.1 Å². The van der Waals surface area contributed by atoms with Crippen molar-refractivity contribution < 1.29 is 14.7 Å². The van der Waals surface area contributed by atoms with Gasteiger partial charge in [0.05, 0.1) is 22.2 Å². The number of carboxylic acid groups (broad SMARTS) is 1. The van der Waals surface area contributed by atoms with Crippen LogP contribution in [0.2, 0.25) is 0 Å². The van der Waals surface area contributed by atoms with E-state index in [0.717, 1.165) is 37.5 Å². The Morgan fingerprint density at radius 3 is 2.48 bits per heavy atom. The molecule has 1 amide bonds. The van der Waals surface area contributed by atoms with Crippen molar-refractivity contribution >= 4 is 33.4 Å². The number of thiazole rings is 1. The quantitative estimate of drug-likeness (QED) is 0.410. The van der Waals surface area contributed by atoms with Gasteiger partial charge in [-0.05, 0) is 46.5 Å². The summed E-state index contributed by atoms with van der Waals surface area (Å²) in [5, 5.41) is 12.6. The minimum Gasteiger partial charge on any atom is -0.478 e. The molecule has 6 nitrogen and oxygen atoms in total.